The smallest absolute Gasteiger partial charge is 0.291 e. The van der Waals surface area contributed by atoms with Crippen molar-refractivity contribution in [3.63, 3.8) is 0 Å². The van der Waals surface area contributed by atoms with Crippen molar-refractivity contribution in [2.75, 3.05) is 0 Å². The van der Waals surface area contributed by atoms with Gasteiger partial charge in [0.1, 0.15) is 5.82 Å². The van der Waals surface area contributed by atoms with Crippen LogP contribution in [0.2, 0.25) is 5.02 Å². The van der Waals surface area contributed by atoms with E-state index in [9.17, 15) is 9.18 Å². The summed E-state index contributed by atoms with van der Waals surface area (Å²) in [6, 6.07) is 6.38. The monoisotopic (exact) mass is 240 g/mol. The maximum absolute atomic E-state index is 12.8. The van der Waals surface area contributed by atoms with Crippen molar-refractivity contribution in [2.24, 2.45) is 0 Å². The van der Waals surface area contributed by atoms with Gasteiger partial charge in [0.2, 0.25) is 5.82 Å². The first-order valence-electron chi connectivity index (χ1n) is 4.32. The number of hydrogen-bond donors (Lipinski definition) is 2. The molecule has 16 heavy (non-hydrogen) atoms. The summed E-state index contributed by atoms with van der Waals surface area (Å²) in [7, 11) is 0. The Kier molecular flexibility index (Phi) is 2.62. The number of halogens is 2. The summed E-state index contributed by atoms with van der Waals surface area (Å²) in [5.41, 5.74) is -0.491. The number of benzene rings is 1. The molecule has 1 aromatic carbocycles. The molecule has 0 saturated heterocycles. The molecular formula is C10H6ClFN2O2. The number of H-pyrrole nitrogens is 1. The molecule has 0 atom stereocenters. The highest BCUT2D eigenvalue weighted by molar-refractivity contribution is 6.30. The van der Waals surface area contributed by atoms with Crippen molar-refractivity contribution < 1.29 is 9.50 Å². The topological polar surface area (TPSA) is 66.0 Å². The SMILES string of the molecule is O=c1[nH]c(-c2ccc(Cl)cc2)nc(O)c1F. The van der Waals surface area contributed by atoms with E-state index in [4.69, 9.17) is 16.7 Å². The van der Waals surface area contributed by atoms with Crippen LogP contribution in [0, 0.1) is 5.82 Å². The molecule has 0 fully saturated rings. The van der Waals surface area contributed by atoms with E-state index in [1.54, 1.807) is 24.3 Å². The average molecular weight is 241 g/mol. The van der Waals surface area contributed by atoms with E-state index < -0.39 is 17.3 Å². The van der Waals surface area contributed by atoms with Gasteiger partial charge in [-0.15, -0.1) is 0 Å². The Morgan fingerprint density at radius 3 is 2.50 bits per heavy atom. The van der Waals surface area contributed by atoms with Gasteiger partial charge < -0.3 is 10.1 Å². The standard InChI is InChI=1S/C10H6ClFN2O2/c11-6-3-1-5(2-4-6)8-13-9(15)7(12)10(16)14-8/h1-4H,(H2,13,14,15,16). The summed E-state index contributed by atoms with van der Waals surface area (Å²) in [6.45, 7) is 0. The molecule has 0 aliphatic carbocycles. The predicted octanol–water partition coefficient (Wildman–Crippen LogP) is 1.94. The van der Waals surface area contributed by atoms with Gasteiger partial charge in [0.25, 0.3) is 11.4 Å². The predicted molar refractivity (Wildman–Crippen MR) is 56.9 cm³/mol. The van der Waals surface area contributed by atoms with Crippen LogP contribution < -0.4 is 5.56 Å². The van der Waals surface area contributed by atoms with E-state index in [1.165, 1.54) is 0 Å². The van der Waals surface area contributed by atoms with Crippen molar-refractivity contribution in [3.8, 4) is 17.3 Å². The molecular weight excluding hydrogens is 235 g/mol. The fourth-order valence-electron chi connectivity index (χ4n) is 1.19. The molecule has 2 N–H and O–H groups in total. The number of nitrogens with one attached hydrogen (secondary N) is 1. The average Bonchev–Trinajstić information content (AvgIpc) is 2.26. The van der Waals surface area contributed by atoms with Crippen molar-refractivity contribution in [1.29, 1.82) is 0 Å². The highest BCUT2D eigenvalue weighted by atomic mass is 35.5. The maximum Gasteiger partial charge on any atom is 0.291 e. The van der Waals surface area contributed by atoms with E-state index in [-0.39, 0.29) is 5.82 Å². The second kappa shape index (κ2) is 3.94. The van der Waals surface area contributed by atoms with Crippen molar-refractivity contribution >= 4 is 11.6 Å². The number of nitrogens with zero attached hydrogens (tertiary/aromatic N) is 1. The zero-order valence-electron chi connectivity index (χ0n) is 7.87. The van der Waals surface area contributed by atoms with Gasteiger partial charge in [-0.1, -0.05) is 11.6 Å². The third-order valence-corrected chi connectivity index (χ3v) is 2.21. The maximum atomic E-state index is 12.8. The zero-order valence-corrected chi connectivity index (χ0v) is 8.62. The Labute approximate surface area is 94.4 Å². The van der Waals surface area contributed by atoms with Gasteiger partial charge in [0, 0.05) is 10.6 Å². The van der Waals surface area contributed by atoms with Crippen LogP contribution in [-0.2, 0) is 0 Å². The Morgan fingerprint density at radius 2 is 1.94 bits per heavy atom. The summed E-state index contributed by atoms with van der Waals surface area (Å²) < 4.78 is 12.8. The molecule has 0 unspecified atom stereocenters. The van der Waals surface area contributed by atoms with Gasteiger partial charge in [-0.05, 0) is 24.3 Å². The molecule has 0 saturated carbocycles. The first-order valence-corrected chi connectivity index (χ1v) is 4.70. The number of rotatable bonds is 1. The van der Waals surface area contributed by atoms with Crippen LogP contribution in [0.3, 0.4) is 0 Å². The normalized spacial score (nSPS) is 10.4. The fourth-order valence-corrected chi connectivity index (χ4v) is 1.32. The van der Waals surface area contributed by atoms with E-state index in [0.29, 0.717) is 10.6 Å². The molecule has 4 nitrogen and oxygen atoms in total. The van der Waals surface area contributed by atoms with Crippen LogP contribution in [0.15, 0.2) is 29.1 Å². The first kappa shape index (κ1) is 10.6. The molecule has 0 spiro atoms. The van der Waals surface area contributed by atoms with Gasteiger partial charge >= 0.3 is 0 Å². The van der Waals surface area contributed by atoms with E-state index >= 15 is 0 Å². The largest absolute Gasteiger partial charge is 0.491 e. The Bertz CT molecular complexity index is 580. The second-order valence-corrected chi connectivity index (χ2v) is 3.50. The molecule has 0 amide bonds. The number of aromatic hydroxyl groups is 1. The Balaban J connectivity index is 2.57. The van der Waals surface area contributed by atoms with Crippen molar-refractivity contribution in [1.82, 2.24) is 9.97 Å². The zero-order chi connectivity index (χ0) is 11.7. The van der Waals surface area contributed by atoms with Gasteiger partial charge in [-0.25, -0.2) is 0 Å². The third-order valence-electron chi connectivity index (χ3n) is 1.96. The minimum Gasteiger partial charge on any atom is -0.491 e. The lowest BCUT2D eigenvalue weighted by Gasteiger charge is -2.01. The Hall–Kier alpha value is -1.88. The molecule has 0 radical (unpaired) electrons. The molecule has 1 heterocycles. The minimum absolute atomic E-state index is 0.0839. The van der Waals surface area contributed by atoms with Gasteiger partial charge in [-0.2, -0.15) is 9.37 Å². The summed E-state index contributed by atoms with van der Waals surface area (Å²) >= 11 is 5.69. The summed E-state index contributed by atoms with van der Waals surface area (Å²) in [6.07, 6.45) is 0. The van der Waals surface area contributed by atoms with E-state index in [0.717, 1.165) is 0 Å². The molecule has 0 bridgehead atoms. The van der Waals surface area contributed by atoms with E-state index in [2.05, 4.69) is 9.97 Å². The number of hydrogen-bond acceptors (Lipinski definition) is 3. The molecule has 2 aromatic rings. The van der Waals surface area contributed by atoms with E-state index in [1.807, 2.05) is 0 Å². The van der Waals surface area contributed by atoms with Crippen LogP contribution in [0.4, 0.5) is 4.39 Å². The molecule has 0 aliphatic rings. The lowest BCUT2D eigenvalue weighted by Crippen LogP contribution is -2.13. The van der Waals surface area contributed by atoms with Crippen LogP contribution >= 0.6 is 11.6 Å². The lowest BCUT2D eigenvalue weighted by atomic mass is 10.2. The summed E-state index contributed by atoms with van der Waals surface area (Å²) in [5, 5.41) is 9.59. The fraction of sp³-hybridized carbons (Fsp3) is 0. The lowest BCUT2D eigenvalue weighted by molar-refractivity contribution is 0.405. The summed E-state index contributed by atoms with van der Waals surface area (Å²) in [4.78, 5) is 16.8. The Morgan fingerprint density at radius 1 is 1.31 bits per heavy atom. The minimum atomic E-state index is -1.29. The highest BCUT2D eigenvalue weighted by Crippen LogP contribution is 2.19. The van der Waals surface area contributed by atoms with Crippen LogP contribution in [0.5, 0.6) is 5.88 Å². The van der Waals surface area contributed by atoms with Crippen LogP contribution in [0.25, 0.3) is 11.4 Å². The number of aromatic amines is 1. The molecule has 82 valence electrons. The van der Waals surface area contributed by atoms with Gasteiger partial charge in [0.15, 0.2) is 0 Å². The van der Waals surface area contributed by atoms with Gasteiger partial charge in [0.05, 0.1) is 0 Å². The van der Waals surface area contributed by atoms with Crippen LogP contribution in [-0.4, -0.2) is 15.1 Å². The van der Waals surface area contributed by atoms with Crippen molar-refractivity contribution in [2.45, 2.75) is 0 Å². The third kappa shape index (κ3) is 1.90. The molecule has 1 aromatic heterocycles. The first-order chi connectivity index (χ1) is 7.58. The molecule has 2 rings (SSSR count). The quantitative estimate of drug-likeness (QED) is 0.801. The summed E-state index contributed by atoms with van der Waals surface area (Å²) in [5.74, 6) is -2.13. The second-order valence-electron chi connectivity index (χ2n) is 3.06. The van der Waals surface area contributed by atoms with Crippen molar-refractivity contribution in [3.05, 3.63) is 45.5 Å². The molecule has 6 heteroatoms. The highest BCUT2D eigenvalue weighted by Gasteiger charge is 2.10. The number of aromatic nitrogens is 2. The van der Waals surface area contributed by atoms with Crippen LogP contribution in [0.1, 0.15) is 0 Å². The molecule has 0 aliphatic heterocycles. The van der Waals surface area contributed by atoms with Gasteiger partial charge in [-0.3, -0.25) is 4.79 Å².